The van der Waals surface area contributed by atoms with Gasteiger partial charge in [-0.25, -0.2) is 0 Å². The first-order chi connectivity index (χ1) is 7.58. The van der Waals surface area contributed by atoms with Gasteiger partial charge >= 0.3 is 0 Å². The van der Waals surface area contributed by atoms with E-state index in [1.54, 1.807) is 6.92 Å². The molecule has 1 aliphatic heterocycles. The molecule has 16 heavy (non-hydrogen) atoms. The van der Waals surface area contributed by atoms with E-state index >= 15 is 0 Å². The molecule has 1 saturated heterocycles. The second-order valence-corrected chi connectivity index (χ2v) is 5.19. The summed E-state index contributed by atoms with van der Waals surface area (Å²) in [4.78, 5) is 2.18. The first-order valence-electron chi connectivity index (χ1n) is 6.13. The molecule has 0 radical (unpaired) electrons. The third-order valence-electron chi connectivity index (χ3n) is 3.27. The lowest BCUT2D eigenvalue weighted by Crippen LogP contribution is -2.44. The van der Waals surface area contributed by atoms with E-state index in [4.69, 9.17) is 4.74 Å². The molecule has 2 unspecified atom stereocenters. The Bertz CT molecular complexity index is 191. The van der Waals surface area contributed by atoms with Gasteiger partial charge < -0.3 is 19.8 Å². The lowest BCUT2D eigenvalue weighted by Gasteiger charge is -2.38. The maximum Gasteiger partial charge on any atom is 0.0556 e. The summed E-state index contributed by atoms with van der Waals surface area (Å²) in [7, 11) is 2.04. The van der Waals surface area contributed by atoms with E-state index in [1.807, 2.05) is 7.05 Å². The van der Waals surface area contributed by atoms with Crippen molar-refractivity contribution in [1.29, 1.82) is 0 Å². The van der Waals surface area contributed by atoms with Gasteiger partial charge in [-0.3, -0.25) is 0 Å². The minimum Gasteiger partial charge on any atom is -0.396 e. The largest absolute Gasteiger partial charge is 0.396 e. The molecule has 0 spiro atoms. The fourth-order valence-electron chi connectivity index (χ4n) is 2.27. The van der Waals surface area contributed by atoms with Gasteiger partial charge in [0.15, 0.2) is 0 Å². The molecule has 2 atom stereocenters. The Labute approximate surface area is 98.2 Å². The summed E-state index contributed by atoms with van der Waals surface area (Å²) in [5.74, 6) is 0. The van der Waals surface area contributed by atoms with E-state index in [-0.39, 0.29) is 18.1 Å². The number of aliphatic hydroxyl groups excluding tert-OH is 2. The zero-order chi connectivity index (χ0) is 12.0. The van der Waals surface area contributed by atoms with Crippen LogP contribution in [0.25, 0.3) is 0 Å². The molecular weight excluding hydrogens is 206 g/mol. The number of nitrogens with zero attached hydrogens (tertiary/aromatic N) is 1. The molecule has 4 heteroatoms. The zero-order valence-electron chi connectivity index (χ0n) is 10.5. The van der Waals surface area contributed by atoms with Crippen molar-refractivity contribution in [2.45, 2.75) is 32.3 Å². The van der Waals surface area contributed by atoms with E-state index in [1.165, 1.54) is 0 Å². The molecule has 0 aliphatic carbocycles. The first-order valence-corrected chi connectivity index (χ1v) is 6.13. The maximum absolute atomic E-state index is 9.51. The van der Waals surface area contributed by atoms with Crippen LogP contribution in [0.1, 0.15) is 26.2 Å². The molecule has 0 aromatic heterocycles. The second kappa shape index (κ2) is 6.55. The van der Waals surface area contributed by atoms with E-state index in [9.17, 15) is 10.2 Å². The van der Waals surface area contributed by atoms with E-state index in [0.717, 1.165) is 39.0 Å². The van der Waals surface area contributed by atoms with Crippen molar-refractivity contribution >= 4 is 0 Å². The van der Waals surface area contributed by atoms with Gasteiger partial charge in [-0.1, -0.05) is 0 Å². The predicted molar refractivity (Wildman–Crippen MR) is 63.4 cm³/mol. The minimum absolute atomic E-state index is 0.0916. The van der Waals surface area contributed by atoms with Gasteiger partial charge in [-0.05, 0) is 33.2 Å². The van der Waals surface area contributed by atoms with E-state index in [2.05, 4.69) is 4.90 Å². The third kappa shape index (κ3) is 4.37. The van der Waals surface area contributed by atoms with Crippen LogP contribution in [0, 0.1) is 5.41 Å². The van der Waals surface area contributed by atoms with Crippen LogP contribution in [-0.2, 0) is 4.74 Å². The molecule has 1 heterocycles. The highest BCUT2D eigenvalue weighted by molar-refractivity contribution is 4.84. The van der Waals surface area contributed by atoms with E-state index in [0.29, 0.717) is 6.61 Å². The normalized spacial score (nSPS) is 28.3. The Morgan fingerprint density at radius 1 is 1.50 bits per heavy atom. The van der Waals surface area contributed by atoms with Gasteiger partial charge in [0.05, 0.1) is 19.3 Å². The van der Waals surface area contributed by atoms with Crippen LogP contribution in [-0.4, -0.2) is 61.2 Å². The molecule has 0 saturated carbocycles. The molecule has 1 rings (SSSR count). The van der Waals surface area contributed by atoms with Crippen molar-refractivity contribution < 1.29 is 14.9 Å². The first kappa shape index (κ1) is 13.9. The lowest BCUT2D eigenvalue weighted by molar-refractivity contribution is -0.0530. The highest BCUT2D eigenvalue weighted by atomic mass is 16.5. The average Bonchev–Trinajstić information content (AvgIpc) is 2.28. The Morgan fingerprint density at radius 3 is 2.75 bits per heavy atom. The third-order valence-corrected chi connectivity index (χ3v) is 3.27. The Kier molecular flexibility index (Phi) is 5.69. The molecule has 96 valence electrons. The average molecular weight is 231 g/mol. The summed E-state index contributed by atoms with van der Waals surface area (Å²) < 4.78 is 5.47. The van der Waals surface area contributed by atoms with Crippen LogP contribution in [0.4, 0.5) is 0 Å². The van der Waals surface area contributed by atoms with Crippen LogP contribution in [0.3, 0.4) is 0 Å². The molecule has 1 aliphatic rings. The van der Waals surface area contributed by atoms with Gasteiger partial charge in [0.1, 0.15) is 0 Å². The molecule has 0 amide bonds. The van der Waals surface area contributed by atoms with Crippen LogP contribution in [0.2, 0.25) is 0 Å². The monoisotopic (exact) mass is 231 g/mol. The summed E-state index contributed by atoms with van der Waals surface area (Å²) in [5, 5.41) is 18.7. The molecule has 1 fully saturated rings. The zero-order valence-corrected chi connectivity index (χ0v) is 10.5. The van der Waals surface area contributed by atoms with Crippen molar-refractivity contribution in [2.75, 3.05) is 40.0 Å². The Morgan fingerprint density at radius 2 is 2.25 bits per heavy atom. The van der Waals surface area contributed by atoms with Gasteiger partial charge in [-0.2, -0.15) is 0 Å². The van der Waals surface area contributed by atoms with Crippen molar-refractivity contribution in [2.24, 2.45) is 5.41 Å². The number of hydrogen-bond donors (Lipinski definition) is 2. The number of aliphatic hydroxyl groups is 2. The van der Waals surface area contributed by atoms with Crippen LogP contribution < -0.4 is 0 Å². The van der Waals surface area contributed by atoms with Crippen molar-refractivity contribution in [1.82, 2.24) is 4.90 Å². The minimum atomic E-state index is -0.255. The van der Waals surface area contributed by atoms with Crippen molar-refractivity contribution in [3.8, 4) is 0 Å². The SMILES string of the molecule is CC(O)CCN(C)CC1(CO)CCCOC1. The summed E-state index contributed by atoms with van der Waals surface area (Å²) in [6, 6.07) is 0. The van der Waals surface area contributed by atoms with Gasteiger partial charge in [0.2, 0.25) is 0 Å². The number of ether oxygens (including phenoxy) is 1. The lowest BCUT2D eigenvalue weighted by atomic mass is 9.83. The maximum atomic E-state index is 9.51. The smallest absolute Gasteiger partial charge is 0.0556 e. The molecule has 2 N–H and O–H groups in total. The molecule has 0 bridgehead atoms. The Hall–Kier alpha value is -0.160. The second-order valence-electron chi connectivity index (χ2n) is 5.19. The van der Waals surface area contributed by atoms with E-state index < -0.39 is 0 Å². The Balaban J connectivity index is 2.36. The number of hydrogen-bond acceptors (Lipinski definition) is 4. The van der Waals surface area contributed by atoms with Crippen LogP contribution >= 0.6 is 0 Å². The molecule has 0 aromatic rings. The highest BCUT2D eigenvalue weighted by Gasteiger charge is 2.33. The van der Waals surface area contributed by atoms with Gasteiger partial charge in [0, 0.05) is 25.1 Å². The quantitative estimate of drug-likeness (QED) is 0.698. The topological polar surface area (TPSA) is 52.9 Å². The fraction of sp³-hybridized carbons (Fsp3) is 1.00. The number of rotatable bonds is 6. The van der Waals surface area contributed by atoms with Crippen molar-refractivity contribution in [3.05, 3.63) is 0 Å². The fourth-order valence-corrected chi connectivity index (χ4v) is 2.27. The summed E-state index contributed by atoms with van der Waals surface area (Å²) in [6.45, 7) is 5.17. The van der Waals surface area contributed by atoms with Gasteiger partial charge in [-0.15, -0.1) is 0 Å². The highest BCUT2D eigenvalue weighted by Crippen LogP contribution is 2.28. The standard InChI is InChI=1S/C12H25NO3/c1-11(15)4-6-13(2)8-12(9-14)5-3-7-16-10-12/h11,14-15H,3-10H2,1-2H3. The summed E-state index contributed by atoms with van der Waals surface area (Å²) >= 11 is 0. The molecule has 0 aromatic carbocycles. The van der Waals surface area contributed by atoms with Gasteiger partial charge in [0.25, 0.3) is 0 Å². The van der Waals surface area contributed by atoms with Crippen LogP contribution in [0.5, 0.6) is 0 Å². The van der Waals surface area contributed by atoms with Crippen molar-refractivity contribution in [3.63, 3.8) is 0 Å². The van der Waals surface area contributed by atoms with Crippen LogP contribution in [0.15, 0.2) is 0 Å². The molecular formula is C12H25NO3. The summed E-state index contributed by atoms with van der Waals surface area (Å²) in [6.07, 6.45) is 2.58. The molecule has 4 nitrogen and oxygen atoms in total. The summed E-state index contributed by atoms with van der Waals surface area (Å²) in [5.41, 5.74) is -0.0916. The predicted octanol–water partition coefficient (Wildman–Crippen LogP) is 0.478.